The van der Waals surface area contributed by atoms with Gasteiger partial charge in [-0.1, -0.05) is 12.1 Å². The number of hydrogen-bond acceptors (Lipinski definition) is 6. The Hall–Kier alpha value is -2.80. The number of carbonyl (C=O) groups excluding carboxylic acids is 1. The summed E-state index contributed by atoms with van der Waals surface area (Å²) < 4.78 is 0. The summed E-state index contributed by atoms with van der Waals surface area (Å²) in [7, 11) is 3.96. The van der Waals surface area contributed by atoms with Crippen molar-refractivity contribution in [3.8, 4) is 0 Å². The molecule has 7 heteroatoms. The zero-order chi connectivity index (χ0) is 19.2. The van der Waals surface area contributed by atoms with E-state index in [9.17, 15) is 4.79 Å². The van der Waals surface area contributed by atoms with Crippen LogP contribution in [-0.4, -0.2) is 64.4 Å². The highest BCUT2D eigenvalue weighted by Gasteiger charge is 2.27. The van der Waals surface area contributed by atoms with E-state index in [1.54, 1.807) is 12.3 Å². The summed E-state index contributed by atoms with van der Waals surface area (Å²) in [5.74, 6) is 2.48. The molecular weight excluding hydrogens is 340 g/mol. The number of hydrogen-bond donors (Lipinski definition) is 1. The summed E-state index contributed by atoms with van der Waals surface area (Å²) in [6, 6.07) is 7.66. The number of nitrogens with one attached hydrogen (secondary N) is 1. The van der Waals surface area contributed by atoms with Crippen molar-refractivity contribution in [3.63, 3.8) is 0 Å². The molecule has 1 unspecified atom stereocenters. The van der Waals surface area contributed by atoms with Crippen LogP contribution in [0.2, 0.25) is 0 Å². The maximum absolute atomic E-state index is 12.3. The number of pyridine rings is 1. The Morgan fingerprint density at radius 1 is 1.33 bits per heavy atom. The maximum atomic E-state index is 12.3. The lowest BCUT2D eigenvalue weighted by Crippen LogP contribution is -2.27. The van der Waals surface area contributed by atoms with Gasteiger partial charge in [0.2, 0.25) is 5.91 Å². The fraction of sp³-hybridized carbons (Fsp3) is 0.400. The largest absolute Gasteiger partial charge is 0.338 e. The molecule has 27 heavy (non-hydrogen) atoms. The minimum absolute atomic E-state index is 0.0666. The summed E-state index contributed by atoms with van der Waals surface area (Å²) in [6.45, 7) is 4.08. The second-order valence-electron chi connectivity index (χ2n) is 7.00. The van der Waals surface area contributed by atoms with E-state index in [0.717, 1.165) is 36.8 Å². The topological polar surface area (TPSA) is 74.2 Å². The average Bonchev–Trinajstić information content (AvgIpc) is 3.12. The zero-order valence-electron chi connectivity index (χ0n) is 16.1. The monoisotopic (exact) mass is 366 g/mol. The smallest absolute Gasteiger partial charge is 0.246 e. The molecule has 2 aromatic rings. The molecule has 0 aromatic carbocycles. The van der Waals surface area contributed by atoms with Crippen LogP contribution >= 0.6 is 0 Å². The molecule has 1 aliphatic rings. The molecule has 0 bridgehead atoms. The molecule has 1 fully saturated rings. The van der Waals surface area contributed by atoms with Crippen LogP contribution in [0.3, 0.4) is 0 Å². The van der Waals surface area contributed by atoms with Gasteiger partial charge in [-0.2, -0.15) is 0 Å². The molecule has 142 valence electrons. The normalized spacial score (nSPS) is 17.0. The summed E-state index contributed by atoms with van der Waals surface area (Å²) in [5.41, 5.74) is 0.966. The first-order valence-electron chi connectivity index (χ1n) is 9.15. The highest BCUT2D eigenvalue weighted by molar-refractivity contribution is 5.87. The number of aromatic nitrogens is 3. The van der Waals surface area contributed by atoms with Crippen LogP contribution in [0.25, 0.3) is 0 Å². The molecule has 2 aromatic heterocycles. The van der Waals surface area contributed by atoms with E-state index in [1.807, 2.05) is 61.2 Å². The first-order chi connectivity index (χ1) is 13.0. The van der Waals surface area contributed by atoms with Crippen LogP contribution in [0.1, 0.15) is 23.9 Å². The van der Waals surface area contributed by atoms with Crippen molar-refractivity contribution in [2.45, 2.75) is 19.3 Å². The van der Waals surface area contributed by atoms with Crippen molar-refractivity contribution in [2.75, 3.05) is 39.0 Å². The lowest BCUT2D eigenvalue weighted by atomic mass is 10.0. The third-order valence-electron chi connectivity index (χ3n) is 4.43. The van der Waals surface area contributed by atoms with Crippen molar-refractivity contribution in [1.29, 1.82) is 0 Å². The Kier molecular flexibility index (Phi) is 6.13. The Balaban J connectivity index is 1.66. The Bertz CT molecular complexity index is 805. The SMILES string of the molecule is Cc1nc(Nc2ccccn2)cc(C2CCN(C(=O)/C=C/CN(C)C)C2)n1. The number of amides is 1. The van der Waals surface area contributed by atoms with E-state index in [0.29, 0.717) is 12.4 Å². The van der Waals surface area contributed by atoms with Gasteiger partial charge in [-0.05, 0) is 39.6 Å². The van der Waals surface area contributed by atoms with Gasteiger partial charge in [0.25, 0.3) is 0 Å². The van der Waals surface area contributed by atoms with Crippen molar-refractivity contribution in [1.82, 2.24) is 24.8 Å². The molecule has 0 spiro atoms. The molecule has 3 rings (SSSR count). The Morgan fingerprint density at radius 3 is 2.93 bits per heavy atom. The maximum Gasteiger partial charge on any atom is 0.246 e. The van der Waals surface area contributed by atoms with Crippen molar-refractivity contribution >= 4 is 17.5 Å². The molecule has 1 atom stereocenters. The van der Waals surface area contributed by atoms with Gasteiger partial charge in [0.1, 0.15) is 17.5 Å². The lowest BCUT2D eigenvalue weighted by molar-refractivity contribution is -0.125. The number of anilines is 2. The Morgan fingerprint density at radius 2 is 2.19 bits per heavy atom. The number of likely N-dealkylation sites (N-methyl/N-ethyl adjacent to an activating group) is 1. The van der Waals surface area contributed by atoms with Gasteiger partial charge in [0.15, 0.2) is 0 Å². The number of nitrogens with zero attached hydrogens (tertiary/aromatic N) is 5. The average molecular weight is 366 g/mol. The molecule has 1 amide bonds. The van der Waals surface area contributed by atoms with Crippen molar-refractivity contribution in [2.24, 2.45) is 0 Å². The van der Waals surface area contributed by atoms with Crippen LogP contribution in [0.4, 0.5) is 11.6 Å². The fourth-order valence-corrected chi connectivity index (χ4v) is 3.10. The van der Waals surface area contributed by atoms with Gasteiger partial charge in [-0.15, -0.1) is 0 Å². The van der Waals surface area contributed by atoms with Gasteiger partial charge in [0, 0.05) is 43.9 Å². The number of carbonyl (C=O) groups is 1. The van der Waals surface area contributed by atoms with E-state index in [2.05, 4.69) is 20.3 Å². The van der Waals surface area contributed by atoms with E-state index in [4.69, 9.17) is 0 Å². The van der Waals surface area contributed by atoms with E-state index in [-0.39, 0.29) is 11.8 Å². The first-order valence-corrected chi connectivity index (χ1v) is 9.15. The molecule has 7 nitrogen and oxygen atoms in total. The molecule has 1 aliphatic heterocycles. The van der Waals surface area contributed by atoms with Crippen molar-refractivity contribution < 1.29 is 4.79 Å². The lowest BCUT2D eigenvalue weighted by Gasteiger charge is -2.15. The third kappa shape index (κ3) is 5.34. The molecule has 0 aliphatic carbocycles. The van der Waals surface area contributed by atoms with Crippen LogP contribution in [0.15, 0.2) is 42.6 Å². The molecule has 3 heterocycles. The van der Waals surface area contributed by atoms with E-state index < -0.39 is 0 Å². The zero-order valence-corrected chi connectivity index (χ0v) is 16.1. The summed E-state index contributed by atoms with van der Waals surface area (Å²) in [6.07, 6.45) is 6.22. The van der Waals surface area contributed by atoms with Crippen LogP contribution in [-0.2, 0) is 4.79 Å². The molecular formula is C20H26N6O. The van der Waals surface area contributed by atoms with Crippen molar-refractivity contribution in [3.05, 3.63) is 54.1 Å². The van der Waals surface area contributed by atoms with Crippen LogP contribution < -0.4 is 5.32 Å². The number of likely N-dealkylation sites (tertiary alicyclic amines) is 1. The highest BCUT2D eigenvalue weighted by Crippen LogP contribution is 2.27. The summed E-state index contributed by atoms with van der Waals surface area (Å²) in [4.78, 5) is 29.6. The minimum atomic E-state index is 0.0666. The van der Waals surface area contributed by atoms with Crippen LogP contribution in [0.5, 0.6) is 0 Å². The molecule has 1 N–H and O–H groups in total. The van der Waals surface area contributed by atoms with Crippen LogP contribution in [0, 0.1) is 6.92 Å². The van der Waals surface area contributed by atoms with Gasteiger partial charge >= 0.3 is 0 Å². The summed E-state index contributed by atoms with van der Waals surface area (Å²) >= 11 is 0. The standard InChI is InChI=1S/C20H26N6O/c1-15-22-17(13-19(23-15)24-18-7-4-5-10-21-18)16-9-12-26(14-16)20(27)8-6-11-25(2)3/h4-8,10,13,16H,9,11-12,14H2,1-3H3,(H,21,22,23,24)/b8-6+. The second kappa shape index (κ2) is 8.73. The van der Waals surface area contributed by atoms with E-state index >= 15 is 0 Å². The molecule has 0 saturated carbocycles. The summed E-state index contributed by atoms with van der Waals surface area (Å²) in [5, 5.41) is 3.22. The van der Waals surface area contributed by atoms with Gasteiger partial charge in [-0.25, -0.2) is 15.0 Å². The Labute approximate surface area is 160 Å². The van der Waals surface area contributed by atoms with Gasteiger partial charge in [0.05, 0.1) is 5.69 Å². The third-order valence-corrected chi connectivity index (χ3v) is 4.43. The molecule has 1 saturated heterocycles. The minimum Gasteiger partial charge on any atom is -0.338 e. The van der Waals surface area contributed by atoms with Gasteiger partial charge < -0.3 is 15.1 Å². The quantitative estimate of drug-likeness (QED) is 0.791. The number of aryl methyl sites for hydroxylation is 1. The van der Waals surface area contributed by atoms with E-state index in [1.165, 1.54) is 0 Å². The highest BCUT2D eigenvalue weighted by atomic mass is 16.2. The fourth-order valence-electron chi connectivity index (χ4n) is 3.10. The first kappa shape index (κ1) is 19.0. The van der Waals surface area contributed by atoms with Gasteiger partial charge in [-0.3, -0.25) is 4.79 Å². The number of rotatable bonds is 6. The second-order valence-corrected chi connectivity index (χ2v) is 7.00. The predicted molar refractivity (Wildman–Crippen MR) is 106 cm³/mol. The molecule has 0 radical (unpaired) electrons. The predicted octanol–water partition coefficient (Wildman–Crippen LogP) is 2.36.